The smallest absolute Gasteiger partial charge is 0.220 e. The molecule has 1 atom stereocenters. The summed E-state index contributed by atoms with van der Waals surface area (Å²) < 4.78 is 1.81. The minimum atomic E-state index is 0.0255. The molecule has 0 bridgehead atoms. The molecule has 2 rings (SSSR count). The molecule has 0 saturated heterocycles. The van der Waals surface area contributed by atoms with Gasteiger partial charge in [0.1, 0.15) is 0 Å². The molecule has 20 heavy (non-hydrogen) atoms. The third-order valence-electron chi connectivity index (χ3n) is 3.38. The first-order valence-corrected chi connectivity index (χ1v) is 7.66. The monoisotopic (exact) mass is 292 g/mol. The largest absolute Gasteiger partial charge is 0.348 e. The maximum Gasteiger partial charge on any atom is 0.220 e. The van der Waals surface area contributed by atoms with Gasteiger partial charge in [0.15, 0.2) is 0 Å². The minimum absolute atomic E-state index is 0.0255. The Morgan fingerprint density at radius 2 is 2.35 bits per heavy atom. The zero-order valence-corrected chi connectivity index (χ0v) is 12.9. The van der Waals surface area contributed by atoms with Crippen molar-refractivity contribution >= 4 is 17.2 Å². The highest BCUT2D eigenvalue weighted by Crippen LogP contribution is 2.17. The van der Waals surface area contributed by atoms with Gasteiger partial charge < -0.3 is 5.32 Å². The number of hydrogen-bond acceptors (Lipinski definition) is 4. The van der Waals surface area contributed by atoms with E-state index in [9.17, 15) is 4.79 Å². The SMILES string of the molecule is CC[C@@H](NC(=O)CCc1scnc1C)c1ccnn1C. The van der Waals surface area contributed by atoms with Gasteiger partial charge in [-0.05, 0) is 25.8 Å². The molecule has 1 N–H and O–H groups in total. The molecule has 0 fully saturated rings. The first-order chi connectivity index (χ1) is 9.61. The molecule has 0 aliphatic carbocycles. The Hall–Kier alpha value is -1.69. The molecule has 0 spiro atoms. The molecule has 5 nitrogen and oxygen atoms in total. The van der Waals surface area contributed by atoms with Crippen molar-refractivity contribution in [2.75, 3.05) is 0 Å². The van der Waals surface area contributed by atoms with Crippen LogP contribution in [-0.4, -0.2) is 20.7 Å². The van der Waals surface area contributed by atoms with Crippen LogP contribution in [0.1, 0.15) is 42.1 Å². The molecule has 0 saturated carbocycles. The summed E-state index contributed by atoms with van der Waals surface area (Å²) in [6, 6.07) is 1.97. The highest BCUT2D eigenvalue weighted by atomic mass is 32.1. The van der Waals surface area contributed by atoms with E-state index in [-0.39, 0.29) is 11.9 Å². The van der Waals surface area contributed by atoms with Gasteiger partial charge in [0.2, 0.25) is 5.91 Å². The number of carbonyl (C=O) groups is 1. The number of nitrogens with one attached hydrogen (secondary N) is 1. The first-order valence-electron chi connectivity index (χ1n) is 6.78. The average Bonchev–Trinajstić information content (AvgIpc) is 3.02. The van der Waals surface area contributed by atoms with E-state index < -0.39 is 0 Å². The van der Waals surface area contributed by atoms with E-state index in [0.717, 1.165) is 24.2 Å². The van der Waals surface area contributed by atoms with Crippen molar-refractivity contribution in [2.24, 2.45) is 7.05 Å². The summed E-state index contributed by atoms with van der Waals surface area (Å²) in [5, 5.41) is 7.23. The van der Waals surface area contributed by atoms with E-state index >= 15 is 0 Å². The van der Waals surface area contributed by atoms with E-state index in [4.69, 9.17) is 0 Å². The van der Waals surface area contributed by atoms with Gasteiger partial charge in [0.25, 0.3) is 0 Å². The third-order valence-corrected chi connectivity index (χ3v) is 4.38. The molecule has 6 heteroatoms. The second kappa shape index (κ2) is 6.65. The second-order valence-corrected chi connectivity index (χ2v) is 5.71. The number of amides is 1. The number of carbonyl (C=O) groups excluding carboxylic acids is 1. The predicted molar refractivity (Wildman–Crippen MR) is 79.6 cm³/mol. The Balaban J connectivity index is 1.90. The number of nitrogens with zero attached hydrogens (tertiary/aromatic N) is 3. The molecule has 2 aromatic rings. The van der Waals surface area contributed by atoms with Crippen molar-refractivity contribution in [1.29, 1.82) is 0 Å². The maximum absolute atomic E-state index is 12.1. The van der Waals surface area contributed by atoms with Gasteiger partial charge in [-0.1, -0.05) is 6.92 Å². The molecule has 0 aromatic carbocycles. The summed E-state index contributed by atoms with van der Waals surface area (Å²) in [6.07, 6.45) is 3.86. The molecular weight excluding hydrogens is 272 g/mol. The van der Waals surface area contributed by atoms with Crippen LogP contribution in [-0.2, 0) is 18.3 Å². The maximum atomic E-state index is 12.1. The fraction of sp³-hybridized carbons (Fsp3) is 0.500. The van der Waals surface area contributed by atoms with E-state index in [0.29, 0.717) is 6.42 Å². The summed E-state index contributed by atoms with van der Waals surface area (Å²) in [5.74, 6) is 0.0749. The lowest BCUT2D eigenvalue weighted by Crippen LogP contribution is -2.29. The second-order valence-electron chi connectivity index (χ2n) is 4.77. The standard InChI is InChI=1S/C14H20N4OS/c1-4-11(12-7-8-16-18(12)3)17-14(19)6-5-13-10(2)15-9-20-13/h7-9,11H,4-6H2,1-3H3,(H,17,19)/t11-/m1/s1. The fourth-order valence-electron chi connectivity index (χ4n) is 2.17. The predicted octanol–water partition coefficient (Wildman–Crippen LogP) is 2.39. The topological polar surface area (TPSA) is 59.8 Å². The number of hydrogen-bond donors (Lipinski definition) is 1. The lowest BCUT2D eigenvalue weighted by molar-refractivity contribution is -0.121. The Morgan fingerprint density at radius 1 is 1.55 bits per heavy atom. The van der Waals surface area contributed by atoms with Crippen LogP contribution in [0.25, 0.3) is 0 Å². The lowest BCUT2D eigenvalue weighted by Gasteiger charge is -2.17. The van der Waals surface area contributed by atoms with Crippen LogP contribution in [0.3, 0.4) is 0 Å². The molecule has 2 aromatic heterocycles. The Morgan fingerprint density at radius 3 is 2.90 bits per heavy atom. The first kappa shape index (κ1) is 14.7. The van der Waals surface area contributed by atoms with Gasteiger partial charge in [-0.3, -0.25) is 9.48 Å². The molecule has 0 radical (unpaired) electrons. The zero-order chi connectivity index (χ0) is 14.5. The summed E-state index contributed by atoms with van der Waals surface area (Å²) in [7, 11) is 1.89. The van der Waals surface area contributed by atoms with Crippen molar-refractivity contribution in [3.63, 3.8) is 0 Å². The molecule has 1 amide bonds. The average molecular weight is 292 g/mol. The summed E-state index contributed by atoms with van der Waals surface area (Å²) in [5.41, 5.74) is 3.89. The van der Waals surface area contributed by atoms with Crippen LogP contribution in [0.4, 0.5) is 0 Å². The Bertz CT molecular complexity index is 575. The minimum Gasteiger partial charge on any atom is -0.348 e. The van der Waals surface area contributed by atoms with Crippen LogP contribution < -0.4 is 5.32 Å². The van der Waals surface area contributed by atoms with E-state index in [2.05, 4.69) is 22.3 Å². The van der Waals surface area contributed by atoms with Gasteiger partial charge >= 0.3 is 0 Å². The Labute approximate surface area is 123 Å². The fourth-order valence-corrected chi connectivity index (χ4v) is 2.95. The van der Waals surface area contributed by atoms with Crippen LogP contribution in [0.2, 0.25) is 0 Å². The molecule has 108 valence electrons. The van der Waals surface area contributed by atoms with Crippen LogP contribution in [0.5, 0.6) is 0 Å². The molecule has 2 heterocycles. The molecule has 0 aliphatic rings. The normalized spacial score (nSPS) is 12.3. The van der Waals surface area contributed by atoms with Gasteiger partial charge in [-0.25, -0.2) is 4.98 Å². The van der Waals surface area contributed by atoms with Crippen LogP contribution >= 0.6 is 11.3 Å². The van der Waals surface area contributed by atoms with Crippen molar-refractivity contribution in [3.8, 4) is 0 Å². The molecule has 0 unspecified atom stereocenters. The number of aryl methyl sites for hydroxylation is 3. The molecule has 0 aliphatic heterocycles. The number of rotatable bonds is 6. The van der Waals surface area contributed by atoms with Gasteiger partial charge in [-0.2, -0.15) is 5.10 Å². The highest BCUT2D eigenvalue weighted by molar-refractivity contribution is 7.09. The van der Waals surface area contributed by atoms with Crippen molar-refractivity contribution in [3.05, 3.63) is 34.0 Å². The lowest BCUT2D eigenvalue weighted by atomic mass is 10.1. The zero-order valence-electron chi connectivity index (χ0n) is 12.1. The van der Waals surface area contributed by atoms with Crippen LogP contribution in [0.15, 0.2) is 17.8 Å². The number of thiazole rings is 1. The van der Waals surface area contributed by atoms with Crippen LogP contribution in [0, 0.1) is 6.92 Å². The van der Waals surface area contributed by atoms with E-state index in [1.54, 1.807) is 17.5 Å². The molecular formula is C14H20N4OS. The van der Waals surface area contributed by atoms with E-state index in [1.165, 1.54) is 4.88 Å². The third kappa shape index (κ3) is 3.45. The van der Waals surface area contributed by atoms with Gasteiger partial charge in [0, 0.05) is 24.5 Å². The summed E-state index contributed by atoms with van der Waals surface area (Å²) in [6.45, 7) is 4.04. The van der Waals surface area contributed by atoms with Crippen molar-refractivity contribution in [2.45, 2.75) is 39.2 Å². The highest BCUT2D eigenvalue weighted by Gasteiger charge is 2.16. The number of aromatic nitrogens is 3. The van der Waals surface area contributed by atoms with Crippen molar-refractivity contribution < 1.29 is 4.79 Å². The van der Waals surface area contributed by atoms with Gasteiger partial charge in [0.05, 0.1) is 22.9 Å². The van der Waals surface area contributed by atoms with E-state index in [1.807, 2.05) is 30.2 Å². The summed E-state index contributed by atoms with van der Waals surface area (Å²) >= 11 is 1.61. The Kier molecular flexibility index (Phi) is 4.89. The summed E-state index contributed by atoms with van der Waals surface area (Å²) in [4.78, 5) is 17.5. The van der Waals surface area contributed by atoms with Gasteiger partial charge in [-0.15, -0.1) is 11.3 Å². The quantitative estimate of drug-likeness (QED) is 0.889. The van der Waals surface area contributed by atoms with Crippen molar-refractivity contribution in [1.82, 2.24) is 20.1 Å².